The molecule has 0 aliphatic heterocycles. The molecule has 3 heterocycles. The molecule has 0 aliphatic carbocycles. The van der Waals surface area contributed by atoms with Crippen molar-refractivity contribution < 1.29 is 9.18 Å². The zero-order chi connectivity index (χ0) is 24.0. The van der Waals surface area contributed by atoms with Crippen LogP contribution in [0.15, 0.2) is 59.5 Å². The fourth-order valence-electron chi connectivity index (χ4n) is 3.45. The first-order valence-corrected chi connectivity index (χ1v) is 10.6. The van der Waals surface area contributed by atoms with Gasteiger partial charge in [0.05, 0.1) is 28.2 Å². The van der Waals surface area contributed by atoms with Gasteiger partial charge in [0.2, 0.25) is 5.95 Å². The average molecular weight is 498 g/mol. The van der Waals surface area contributed by atoms with E-state index in [0.29, 0.717) is 16.4 Å². The van der Waals surface area contributed by atoms with Gasteiger partial charge in [-0.1, -0.05) is 35.3 Å². The Morgan fingerprint density at radius 3 is 2.68 bits per heavy atom. The van der Waals surface area contributed by atoms with Gasteiger partial charge in [-0.25, -0.2) is 9.07 Å². The van der Waals surface area contributed by atoms with Crippen molar-refractivity contribution in [3.05, 3.63) is 92.2 Å². The summed E-state index contributed by atoms with van der Waals surface area (Å²) in [6.45, 7) is 1.69. The molecule has 5 rings (SSSR count). The standard InChI is InChI=1S/C22H14Cl2FN7O2/c1-11-8-17(27-21(34)18-15(24)6-3-7-16(18)25)32(30-11)22-28-19-14(20(33)29-22)10-26-31(19)13-5-2-4-12(23)9-13/h2-10H,1H3,(H,27,34)(H,28,29,33). The van der Waals surface area contributed by atoms with Crippen LogP contribution in [0.1, 0.15) is 16.1 Å². The van der Waals surface area contributed by atoms with Crippen molar-refractivity contribution >= 4 is 46.0 Å². The quantitative estimate of drug-likeness (QED) is 0.384. The van der Waals surface area contributed by atoms with Crippen LogP contribution < -0.4 is 10.9 Å². The molecule has 34 heavy (non-hydrogen) atoms. The highest BCUT2D eigenvalue weighted by Gasteiger charge is 2.20. The van der Waals surface area contributed by atoms with E-state index in [2.05, 4.69) is 25.5 Å². The molecule has 0 saturated carbocycles. The SMILES string of the molecule is Cc1cc(NC(=O)c2c(F)cccc2Cl)n(-c2nc3c(cnn3-c3cccc(Cl)c3)c(=O)[nH]2)n1. The fraction of sp³-hybridized carbons (Fsp3) is 0.0455. The molecule has 0 radical (unpaired) electrons. The summed E-state index contributed by atoms with van der Waals surface area (Å²) in [5.74, 6) is -1.38. The number of halogens is 3. The highest BCUT2D eigenvalue weighted by molar-refractivity contribution is 6.34. The summed E-state index contributed by atoms with van der Waals surface area (Å²) in [5, 5.41) is 11.8. The van der Waals surface area contributed by atoms with Crippen molar-refractivity contribution in [3.63, 3.8) is 0 Å². The molecule has 0 saturated heterocycles. The second-order valence-corrected chi connectivity index (χ2v) is 8.14. The van der Waals surface area contributed by atoms with Crippen LogP contribution in [0.3, 0.4) is 0 Å². The molecule has 170 valence electrons. The molecule has 5 aromatic rings. The Morgan fingerprint density at radius 2 is 1.91 bits per heavy atom. The summed E-state index contributed by atoms with van der Waals surface area (Å²) in [5.41, 5.74) is 0.594. The predicted octanol–water partition coefficient (Wildman–Crippen LogP) is 4.30. The van der Waals surface area contributed by atoms with Gasteiger partial charge in [-0.3, -0.25) is 14.6 Å². The van der Waals surface area contributed by atoms with Crippen molar-refractivity contribution in [1.82, 2.24) is 29.5 Å². The second-order valence-electron chi connectivity index (χ2n) is 7.30. The van der Waals surface area contributed by atoms with Gasteiger partial charge in [0.25, 0.3) is 11.5 Å². The van der Waals surface area contributed by atoms with Crippen LogP contribution in [-0.4, -0.2) is 35.4 Å². The number of H-pyrrole nitrogens is 1. The molecule has 0 fully saturated rings. The highest BCUT2D eigenvalue weighted by atomic mass is 35.5. The third-order valence-corrected chi connectivity index (χ3v) is 5.49. The lowest BCUT2D eigenvalue weighted by Crippen LogP contribution is -2.20. The minimum atomic E-state index is -0.781. The highest BCUT2D eigenvalue weighted by Crippen LogP contribution is 2.23. The van der Waals surface area contributed by atoms with Crippen molar-refractivity contribution in [1.29, 1.82) is 0 Å². The molecule has 2 N–H and O–H groups in total. The minimum absolute atomic E-state index is 0.0179. The number of anilines is 1. The summed E-state index contributed by atoms with van der Waals surface area (Å²) in [7, 11) is 0. The maximum Gasteiger partial charge on any atom is 0.263 e. The van der Waals surface area contributed by atoms with Crippen LogP contribution in [0.5, 0.6) is 0 Å². The number of amides is 1. The topological polar surface area (TPSA) is 110 Å². The van der Waals surface area contributed by atoms with E-state index in [1.165, 1.54) is 27.7 Å². The van der Waals surface area contributed by atoms with E-state index in [9.17, 15) is 14.0 Å². The normalized spacial score (nSPS) is 11.2. The lowest BCUT2D eigenvalue weighted by molar-refractivity contribution is 0.102. The first-order valence-electron chi connectivity index (χ1n) is 9.88. The van der Waals surface area contributed by atoms with Crippen LogP contribution in [-0.2, 0) is 0 Å². The van der Waals surface area contributed by atoms with Crippen LogP contribution in [0.4, 0.5) is 10.2 Å². The second kappa shape index (κ2) is 8.40. The molecule has 0 aliphatic rings. The number of aromatic nitrogens is 6. The molecule has 0 atom stereocenters. The molecule has 0 bridgehead atoms. The zero-order valence-corrected chi connectivity index (χ0v) is 18.9. The smallest absolute Gasteiger partial charge is 0.263 e. The molecule has 9 nitrogen and oxygen atoms in total. The van der Waals surface area contributed by atoms with Crippen molar-refractivity contribution in [3.8, 4) is 11.6 Å². The largest absolute Gasteiger partial charge is 0.306 e. The van der Waals surface area contributed by atoms with Crippen LogP contribution >= 0.6 is 23.2 Å². The van der Waals surface area contributed by atoms with Gasteiger partial charge in [0, 0.05) is 11.1 Å². The van der Waals surface area contributed by atoms with Crippen LogP contribution in [0.25, 0.3) is 22.7 Å². The summed E-state index contributed by atoms with van der Waals surface area (Å²) in [6.07, 6.45) is 1.39. The van der Waals surface area contributed by atoms with E-state index < -0.39 is 17.3 Å². The summed E-state index contributed by atoms with van der Waals surface area (Å²) in [4.78, 5) is 32.7. The van der Waals surface area contributed by atoms with E-state index in [-0.39, 0.29) is 33.4 Å². The summed E-state index contributed by atoms with van der Waals surface area (Å²) < 4.78 is 16.9. The third kappa shape index (κ3) is 3.82. The Morgan fingerprint density at radius 1 is 1.12 bits per heavy atom. The molecule has 0 unspecified atom stereocenters. The van der Waals surface area contributed by atoms with Crippen molar-refractivity contribution in [2.24, 2.45) is 0 Å². The van der Waals surface area contributed by atoms with Crippen LogP contribution in [0, 0.1) is 12.7 Å². The number of aryl methyl sites for hydroxylation is 1. The first-order chi connectivity index (χ1) is 16.3. The third-order valence-electron chi connectivity index (χ3n) is 4.94. The number of hydrogen-bond donors (Lipinski definition) is 2. The maximum atomic E-state index is 14.2. The number of nitrogens with zero attached hydrogens (tertiary/aromatic N) is 5. The van der Waals surface area contributed by atoms with Crippen LogP contribution in [0.2, 0.25) is 10.0 Å². The van der Waals surface area contributed by atoms with Gasteiger partial charge in [0.15, 0.2) is 5.65 Å². The number of fused-ring (bicyclic) bond motifs is 1. The number of benzene rings is 2. The molecule has 2 aromatic carbocycles. The Bertz CT molecular complexity index is 1620. The van der Waals surface area contributed by atoms with E-state index in [4.69, 9.17) is 23.2 Å². The Hall–Kier alpha value is -4.02. The fourth-order valence-corrected chi connectivity index (χ4v) is 3.88. The molecule has 1 amide bonds. The number of rotatable bonds is 4. The molecule has 3 aromatic heterocycles. The average Bonchev–Trinajstić information content (AvgIpc) is 3.37. The Balaban J connectivity index is 1.61. The number of carbonyl (C=O) groups is 1. The Kier molecular flexibility index (Phi) is 5.39. The monoisotopic (exact) mass is 497 g/mol. The first kappa shape index (κ1) is 21.8. The number of aromatic amines is 1. The number of carbonyl (C=O) groups excluding carboxylic acids is 1. The van der Waals surface area contributed by atoms with Gasteiger partial charge in [-0.2, -0.15) is 19.9 Å². The predicted molar refractivity (Wildman–Crippen MR) is 126 cm³/mol. The Labute approximate surface area is 200 Å². The zero-order valence-electron chi connectivity index (χ0n) is 17.4. The van der Waals surface area contributed by atoms with Gasteiger partial charge in [-0.15, -0.1) is 0 Å². The molecular weight excluding hydrogens is 484 g/mol. The van der Waals surface area contributed by atoms with E-state index in [1.54, 1.807) is 37.3 Å². The minimum Gasteiger partial charge on any atom is -0.306 e. The molecular formula is C22H14Cl2FN7O2. The van der Waals surface area contributed by atoms with Gasteiger partial charge >= 0.3 is 0 Å². The van der Waals surface area contributed by atoms with E-state index >= 15 is 0 Å². The van der Waals surface area contributed by atoms with Gasteiger partial charge < -0.3 is 5.32 Å². The van der Waals surface area contributed by atoms with Crippen molar-refractivity contribution in [2.75, 3.05) is 5.32 Å². The van der Waals surface area contributed by atoms with Crippen molar-refractivity contribution in [2.45, 2.75) is 6.92 Å². The lowest BCUT2D eigenvalue weighted by atomic mass is 10.2. The lowest BCUT2D eigenvalue weighted by Gasteiger charge is -2.10. The molecule has 12 heteroatoms. The maximum absolute atomic E-state index is 14.2. The van der Waals surface area contributed by atoms with E-state index in [1.807, 2.05) is 0 Å². The summed E-state index contributed by atoms with van der Waals surface area (Å²) in [6, 6.07) is 12.4. The van der Waals surface area contributed by atoms with E-state index in [0.717, 1.165) is 6.07 Å². The van der Waals surface area contributed by atoms with Gasteiger partial charge in [-0.05, 0) is 37.3 Å². The van der Waals surface area contributed by atoms with Gasteiger partial charge in [0.1, 0.15) is 17.0 Å². The number of nitrogens with one attached hydrogen (secondary N) is 2. The summed E-state index contributed by atoms with van der Waals surface area (Å²) >= 11 is 12.1. The number of hydrogen-bond acceptors (Lipinski definition) is 5. The molecule has 0 spiro atoms.